The molecule has 138 valence electrons. The molecule has 0 spiro atoms. The molecule has 3 aromatic rings. The van der Waals surface area contributed by atoms with Gasteiger partial charge in [-0.15, -0.1) is 0 Å². The van der Waals surface area contributed by atoms with Gasteiger partial charge < -0.3 is 0 Å². The highest BCUT2D eigenvalue weighted by Crippen LogP contribution is 2.34. The summed E-state index contributed by atoms with van der Waals surface area (Å²) in [5.41, 5.74) is -0.471. The van der Waals surface area contributed by atoms with Crippen LogP contribution in [0.2, 0.25) is 0 Å². The molecule has 0 atom stereocenters. The van der Waals surface area contributed by atoms with Crippen LogP contribution in [-0.4, -0.2) is 0 Å². The van der Waals surface area contributed by atoms with Crippen LogP contribution in [0.4, 0.5) is 22.0 Å². The van der Waals surface area contributed by atoms with Crippen molar-refractivity contribution >= 4 is 6.08 Å². The Hall–Kier alpha value is -2.95. The van der Waals surface area contributed by atoms with Crippen LogP contribution < -0.4 is 0 Å². The fourth-order valence-corrected chi connectivity index (χ4v) is 2.94. The Balaban J connectivity index is 2.13. The second kappa shape index (κ2) is 7.35. The van der Waals surface area contributed by atoms with Crippen molar-refractivity contribution in [2.75, 3.05) is 0 Å². The standard InChI is InChI=1S/C22H15F5/c1-3-12-5-6-16(17(23)7-12)13-8-20(26)22(21(27)9-13)14-10-18(24)15(4-2)19(25)11-14/h4-11H,2-3H2,1H3. The van der Waals surface area contributed by atoms with Crippen LogP contribution in [0, 0.1) is 29.1 Å². The Bertz CT molecular complexity index is 991. The second-order valence-electron chi connectivity index (χ2n) is 6.04. The summed E-state index contributed by atoms with van der Waals surface area (Å²) in [6.45, 7) is 5.15. The van der Waals surface area contributed by atoms with E-state index in [1.54, 1.807) is 6.07 Å². The van der Waals surface area contributed by atoms with E-state index in [9.17, 15) is 22.0 Å². The fourth-order valence-electron chi connectivity index (χ4n) is 2.94. The van der Waals surface area contributed by atoms with E-state index in [4.69, 9.17) is 0 Å². The number of benzene rings is 3. The lowest BCUT2D eigenvalue weighted by Gasteiger charge is -2.11. The van der Waals surface area contributed by atoms with Gasteiger partial charge in [-0.3, -0.25) is 0 Å². The van der Waals surface area contributed by atoms with Crippen molar-refractivity contribution in [3.05, 3.63) is 89.3 Å². The molecule has 27 heavy (non-hydrogen) atoms. The third-order valence-corrected chi connectivity index (χ3v) is 4.37. The highest BCUT2D eigenvalue weighted by Gasteiger charge is 2.18. The van der Waals surface area contributed by atoms with E-state index < -0.39 is 34.6 Å². The van der Waals surface area contributed by atoms with E-state index in [-0.39, 0.29) is 22.3 Å². The molecule has 0 N–H and O–H groups in total. The van der Waals surface area contributed by atoms with Crippen molar-refractivity contribution in [3.8, 4) is 22.3 Å². The minimum atomic E-state index is -1.05. The van der Waals surface area contributed by atoms with Gasteiger partial charge in [-0.25, -0.2) is 22.0 Å². The largest absolute Gasteiger partial charge is 0.206 e. The van der Waals surface area contributed by atoms with Gasteiger partial charge in [-0.1, -0.05) is 31.7 Å². The summed E-state index contributed by atoms with van der Waals surface area (Å²) >= 11 is 0. The molecule has 0 nitrogen and oxygen atoms in total. The van der Waals surface area contributed by atoms with E-state index in [0.717, 1.165) is 35.9 Å². The van der Waals surface area contributed by atoms with Gasteiger partial charge >= 0.3 is 0 Å². The molecule has 0 amide bonds. The van der Waals surface area contributed by atoms with Crippen LogP contribution in [0.5, 0.6) is 0 Å². The SMILES string of the molecule is C=Cc1c(F)cc(-c2c(F)cc(-c3ccc(CC)cc3F)cc2F)cc1F. The number of halogens is 5. The Morgan fingerprint density at radius 3 is 1.78 bits per heavy atom. The van der Waals surface area contributed by atoms with Crippen LogP contribution in [0.15, 0.2) is 49.0 Å². The van der Waals surface area contributed by atoms with E-state index >= 15 is 0 Å². The first-order valence-corrected chi connectivity index (χ1v) is 8.25. The maximum atomic E-state index is 14.6. The molecule has 5 heteroatoms. The van der Waals surface area contributed by atoms with Gasteiger partial charge in [0.2, 0.25) is 0 Å². The van der Waals surface area contributed by atoms with E-state index in [0.29, 0.717) is 6.42 Å². The van der Waals surface area contributed by atoms with Crippen LogP contribution in [0.1, 0.15) is 18.1 Å². The van der Waals surface area contributed by atoms with Crippen molar-refractivity contribution in [1.29, 1.82) is 0 Å². The first-order chi connectivity index (χ1) is 12.8. The van der Waals surface area contributed by atoms with Crippen LogP contribution in [-0.2, 0) is 6.42 Å². The van der Waals surface area contributed by atoms with Gasteiger partial charge in [-0.05, 0) is 53.4 Å². The number of aryl methyl sites for hydroxylation is 1. The average molecular weight is 374 g/mol. The van der Waals surface area contributed by atoms with Gasteiger partial charge in [0.1, 0.15) is 29.1 Å². The second-order valence-corrected chi connectivity index (χ2v) is 6.04. The molecule has 0 aliphatic rings. The first-order valence-electron chi connectivity index (χ1n) is 8.25. The fraction of sp³-hybridized carbons (Fsp3) is 0.0909. The third kappa shape index (κ3) is 3.50. The third-order valence-electron chi connectivity index (χ3n) is 4.37. The minimum absolute atomic E-state index is 0.00226. The number of hydrogen-bond acceptors (Lipinski definition) is 0. The lowest BCUT2D eigenvalue weighted by Crippen LogP contribution is -1.97. The summed E-state index contributed by atoms with van der Waals surface area (Å²) in [5.74, 6) is -4.66. The van der Waals surface area contributed by atoms with Gasteiger partial charge in [0.15, 0.2) is 0 Å². The van der Waals surface area contributed by atoms with Crippen LogP contribution in [0.25, 0.3) is 28.3 Å². The monoisotopic (exact) mass is 374 g/mol. The van der Waals surface area contributed by atoms with Crippen molar-refractivity contribution in [2.45, 2.75) is 13.3 Å². The lowest BCUT2D eigenvalue weighted by atomic mass is 9.96. The highest BCUT2D eigenvalue weighted by atomic mass is 19.1. The summed E-state index contributed by atoms with van der Waals surface area (Å²) in [4.78, 5) is 0. The van der Waals surface area contributed by atoms with Gasteiger partial charge in [0.25, 0.3) is 0 Å². The van der Waals surface area contributed by atoms with Gasteiger partial charge in [0.05, 0.1) is 5.56 Å². The number of rotatable bonds is 4. The van der Waals surface area contributed by atoms with Crippen LogP contribution >= 0.6 is 0 Å². The summed E-state index contributed by atoms with van der Waals surface area (Å²) < 4.78 is 71.2. The Morgan fingerprint density at radius 2 is 1.30 bits per heavy atom. The van der Waals surface area contributed by atoms with Gasteiger partial charge in [0, 0.05) is 11.1 Å². The Kier molecular flexibility index (Phi) is 5.13. The normalized spacial score (nSPS) is 10.9. The lowest BCUT2D eigenvalue weighted by molar-refractivity contribution is 0.575. The van der Waals surface area contributed by atoms with Gasteiger partial charge in [-0.2, -0.15) is 0 Å². The predicted molar refractivity (Wildman–Crippen MR) is 96.6 cm³/mol. The van der Waals surface area contributed by atoms with Crippen LogP contribution in [0.3, 0.4) is 0 Å². The zero-order chi connectivity index (χ0) is 19.7. The molecule has 0 aliphatic heterocycles. The predicted octanol–water partition coefficient (Wildman–Crippen LogP) is 6.92. The zero-order valence-electron chi connectivity index (χ0n) is 14.4. The number of hydrogen-bond donors (Lipinski definition) is 0. The minimum Gasteiger partial charge on any atom is -0.206 e. The summed E-state index contributed by atoms with van der Waals surface area (Å²) in [7, 11) is 0. The molecule has 0 saturated carbocycles. The molecule has 3 aromatic carbocycles. The molecular formula is C22H15F5. The summed E-state index contributed by atoms with van der Waals surface area (Å²) in [5, 5.41) is 0. The van der Waals surface area contributed by atoms with Crippen molar-refractivity contribution < 1.29 is 22.0 Å². The quantitative estimate of drug-likeness (QED) is 0.435. The Morgan fingerprint density at radius 1 is 0.741 bits per heavy atom. The molecule has 0 heterocycles. The molecule has 0 bridgehead atoms. The maximum absolute atomic E-state index is 14.6. The van der Waals surface area contributed by atoms with E-state index in [2.05, 4.69) is 6.58 Å². The molecule has 0 fully saturated rings. The molecule has 3 rings (SSSR count). The Labute approximate surface area is 153 Å². The topological polar surface area (TPSA) is 0 Å². The molecule has 0 aliphatic carbocycles. The van der Waals surface area contributed by atoms with E-state index in [1.165, 1.54) is 12.1 Å². The zero-order valence-corrected chi connectivity index (χ0v) is 14.4. The van der Waals surface area contributed by atoms with Crippen molar-refractivity contribution in [1.82, 2.24) is 0 Å². The molecule has 0 radical (unpaired) electrons. The van der Waals surface area contributed by atoms with E-state index in [1.807, 2.05) is 6.92 Å². The molecular weight excluding hydrogens is 359 g/mol. The average Bonchev–Trinajstić information content (AvgIpc) is 2.60. The maximum Gasteiger partial charge on any atom is 0.134 e. The summed E-state index contributed by atoms with van der Waals surface area (Å²) in [6, 6.07) is 7.97. The van der Waals surface area contributed by atoms with Crippen molar-refractivity contribution in [3.63, 3.8) is 0 Å². The first kappa shape index (κ1) is 18.8. The highest BCUT2D eigenvalue weighted by molar-refractivity contribution is 5.73. The van der Waals surface area contributed by atoms with Crippen molar-refractivity contribution in [2.24, 2.45) is 0 Å². The molecule has 0 aromatic heterocycles. The molecule has 0 unspecified atom stereocenters. The summed E-state index contributed by atoms with van der Waals surface area (Å²) in [6.07, 6.45) is 1.60. The molecule has 0 saturated heterocycles. The smallest absolute Gasteiger partial charge is 0.134 e.